The quantitative estimate of drug-likeness (QED) is 0.329. The van der Waals surface area contributed by atoms with Gasteiger partial charge in [0.1, 0.15) is 0 Å². The standard InChI is InChI=1S/C30H33N3/c1-3-32(4-2)26-18-20-33(21-19-26)30-22-29(31-28-13-9-8-12-27(28)30)25-16-14-24(15-17-25)23-10-6-5-7-11-23/h5-17,22,26H,3-4,18-21H2,1-2H3. The first-order valence-corrected chi connectivity index (χ1v) is 12.3. The number of benzene rings is 3. The molecule has 2 heterocycles. The lowest BCUT2D eigenvalue weighted by Crippen LogP contribution is -2.44. The minimum Gasteiger partial charge on any atom is -0.371 e. The van der Waals surface area contributed by atoms with Crippen LogP contribution in [0.1, 0.15) is 26.7 Å². The molecule has 1 aromatic heterocycles. The molecule has 5 rings (SSSR count). The lowest BCUT2D eigenvalue weighted by molar-refractivity contribution is 0.186. The summed E-state index contributed by atoms with van der Waals surface area (Å²) in [6.45, 7) is 9.04. The van der Waals surface area contributed by atoms with Crippen LogP contribution < -0.4 is 4.90 Å². The first-order chi connectivity index (χ1) is 16.3. The molecule has 0 amide bonds. The average molecular weight is 436 g/mol. The maximum Gasteiger partial charge on any atom is 0.0730 e. The van der Waals surface area contributed by atoms with Gasteiger partial charge in [0.25, 0.3) is 0 Å². The molecule has 1 aliphatic rings. The molecule has 0 spiro atoms. The van der Waals surface area contributed by atoms with Gasteiger partial charge in [-0.2, -0.15) is 0 Å². The van der Waals surface area contributed by atoms with Crippen LogP contribution in [0.4, 0.5) is 5.69 Å². The Morgan fingerprint density at radius 1 is 0.758 bits per heavy atom. The first-order valence-electron chi connectivity index (χ1n) is 12.3. The molecule has 168 valence electrons. The summed E-state index contributed by atoms with van der Waals surface area (Å²) in [4.78, 5) is 10.2. The summed E-state index contributed by atoms with van der Waals surface area (Å²) in [6.07, 6.45) is 2.44. The number of rotatable bonds is 6. The summed E-state index contributed by atoms with van der Waals surface area (Å²) in [5.41, 5.74) is 7.09. The van der Waals surface area contributed by atoms with Crippen molar-refractivity contribution in [2.75, 3.05) is 31.1 Å². The van der Waals surface area contributed by atoms with E-state index in [-0.39, 0.29) is 0 Å². The Balaban J connectivity index is 1.46. The summed E-state index contributed by atoms with van der Waals surface area (Å²) in [6, 6.07) is 31.0. The second kappa shape index (κ2) is 9.76. The molecule has 0 atom stereocenters. The molecule has 0 unspecified atom stereocenters. The molecule has 0 aliphatic carbocycles. The summed E-state index contributed by atoms with van der Waals surface area (Å²) in [5, 5.41) is 1.25. The number of pyridine rings is 1. The normalized spacial score (nSPS) is 14.8. The highest BCUT2D eigenvalue weighted by Crippen LogP contribution is 2.33. The molecule has 0 N–H and O–H groups in total. The van der Waals surface area contributed by atoms with E-state index < -0.39 is 0 Å². The highest BCUT2D eigenvalue weighted by molar-refractivity contribution is 5.94. The third-order valence-electron chi connectivity index (χ3n) is 7.12. The van der Waals surface area contributed by atoms with Crippen molar-refractivity contribution in [2.45, 2.75) is 32.7 Å². The molecule has 0 radical (unpaired) electrons. The van der Waals surface area contributed by atoms with E-state index in [2.05, 4.69) is 109 Å². The van der Waals surface area contributed by atoms with E-state index in [1.807, 2.05) is 0 Å². The molecule has 1 saturated heterocycles. The Kier molecular flexibility index (Phi) is 6.41. The minimum absolute atomic E-state index is 0.703. The molecule has 4 aromatic rings. The lowest BCUT2D eigenvalue weighted by atomic mass is 9.99. The Labute approximate surface area is 197 Å². The van der Waals surface area contributed by atoms with Crippen molar-refractivity contribution in [3.8, 4) is 22.4 Å². The SMILES string of the molecule is CCN(CC)C1CCN(c2cc(-c3ccc(-c4ccccc4)cc3)nc3ccccc23)CC1. The number of piperidine rings is 1. The maximum absolute atomic E-state index is 5.04. The minimum atomic E-state index is 0.703. The highest BCUT2D eigenvalue weighted by atomic mass is 15.2. The predicted octanol–water partition coefficient (Wildman–Crippen LogP) is 6.88. The van der Waals surface area contributed by atoms with Crippen LogP contribution in [0.5, 0.6) is 0 Å². The summed E-state index contributed by atoms with van der Waals surface area (Å²) < 4.78 is 0. The average Bonchev–Trinajstić information content (AvgIpc) is 2.90. The zero-order valence-corrected chi connectivity index (χ0v) is 19.7. The Hall–Kier alpha value is -3.17. The van der Waals surface area contributed by atoms with Crippen molar-refractivity contribution in [1.29, 1.82) is 0 Å². The van der Waals surface area contributed by atoms with E-state index in [4.69, 9.17) is 4.98 Å². The zero-order valence-electron chi connectivity index (χ0n) is 19.7. The largest absolute Gasteiger partial charge is 0.371 e. The maximum atomic E-state index is 5.04. The monoisotopic (exact) mass is 435 g/mol. The van der Waals surface area contributed by atoms with Crippen LogP contribution in [-0.4, -0.2) is 42.1 Å². The molecule has 0 bridgehead atoms. The second-order valence-electron chi connectivity index (χ2n) is 8.93. The lowest BCUT2D eigenvalue weighted by Gasteiger charge is -2.39. The van der Waals surface area contributed by atoms with Crippen molar-refractivity contribution in [3.63, 3.8) is 0 Å². The van der Waals surface area contributed by atoms with Gasteiger partial charge in [-0.25, -0.2) is 4.98 Å². The van der Waals surface area contributed by atoms with E-state index >= 15 is 0 Å². The topological polar surface area (TPSA) is 19.4 Å². The number of aromatic nitrogens is 1. The fourth-order valence-electron chi connectivity index (χ4n) is 5.24. The zero-order chi connectivity index (χ0) is 22.6. The number of hydrogen-bond acceptors (Lipinski definition) is 3. The molecule has 0 saturated carbocycles. The van der Waals surface area contributed by atoms with Crippen LogP contribution in [0.15, 0.2) is 84.9 Å². The summed E-state index contributed by atoms with van der Waals surface area (Å²) >= 11 is 0. The Bertz CT molecular complexity index is 1190. The summed E-state index contributed by atoms with van der Waals surface area (Å²) in [7, 11) is 0. The van der Waals surface area contributed by atoms with E-state index in [1.165, 1.54) is 40.6 Å². The van der Waals surface area contributed by atoms with Gasteiger partial charge in [0.15, 0.2) is 0 Å². The van der Waals surface area contributed by atoms with Gasteiger partial charge in [0.2, 0.25) is 0 Å². The van der Waals surface area contributed by atoms with Crippen LogP contribution in [0, 0.1) is 0 Å². The van der Waals surface area contributed by atoms with Crippen molar-refractivity contribution in [1.82, 2.24) is 9.88 Å². The molecule has 3 nitrogen and oxygen atoms in total. The van der Waals surface area contributed by atoms with Crippen molar-refractivity contribution < 1.29 is 0 Å². The van der Waals surface area contributed by atoms with Gasteiger partial charge in [0.05, 0.1) is 11.2 Å². The fourth-order valence-corrected chi connectivity index (χ4v) is 5.24. The Morgan fingerprint density at radius 2 is 1.36 bits per heavy atom. The number of para-hydroxylation sites is 1. The van der Waals surface area contributed by atoms with Crippen molar-refractivity contribution in [2.24, 2.45) is 0 Å². The van der Waals surface area contributed by atoms with Gasteiger partial charge in [-0.15, -0.1) is 0 Å². The van der Waals surface area contributed by atoms with E-state index in [9.17, 15) is 0 Å². The summed E-state index contributed by atoms with van der Waals surface area (Å²) in [5.74, 6) is 0. The van der Waals surface area contributed by atoms with Crippen molar-refractivity contribution in [3.05, 3.63) is 84.9 Å². The molecule has 3 heteroatoms. The van der Waals surface area contributed by atoms with Crippen molar-refractivity contribution >= 4 is 16.6 Å². The fraction of sp³-hybridized carbons (Fsp3) is 0.300. The van der Waals surface area contributed by atoms with E-state index in [0.29, 0.717) is 6.04 Å². The number of fused-ring (bicyclic) bond motifs is 1. The number of anilines is 1. The molecule has 1 aliphatic heterocycles. The van der Waals surface area contributed by atoms with Crippen LogP contribution in [0.2, 0.25) is 0 Å². The molecule has 1 fully saturated rings. The van der Waals surface area contributed by atoms with Gasteiger partial charge >= 0.3 is 0 Å². The van der Waals surface area contributed by atoms with Gasteiger partial charge in [-0.05, 0) is 49.2 Å². The molecular weight excluding hydrogens is 402 g/mol. The molecule has 33 heavy (non-hydrogen) atoms. The van der Waals surface area contributed by atoms with Crippen LogP contribution >= 0.6 is 0 Å². The Morgan fingerprint density at radius 3 is 2.06 bits per heavy atom. The van der Waals surface area contributed by atoms with Gasteiger partial charge in [0, 0.05) is 35.8 Å². The third-order valence-corrected chi connectivity index (χ3v) is 7.12. The van der Waals surface area contributed by atoms with Gasteiger partial charge in [-0.3, -0.25) is 0 Å². The van der Waals surface area contributed by atoms with E-state index in [0.717, 1.165) is 37.4 Å². The van der Waals surface area contributed by atoms with Crippen LogP contribution in [0.3, 0.4) is 0 Å². The number of hydrogen-bond donors (Lipinski definition) is 0. The smallest absolute Gasteiger partial charge is 0.0730 e. The number of nitrogens with zero attached hydrogens (tertiary/aromatic N) is 3. The van der Waals surface area contributed by atoms with Gasteiger partial charge < -0.3 is 9.80 Å². The van der Waals surface area contributed by atoms with Gasteiger partial charge in [-0.1, -0.05) is 86.6 Å². The van der Waals surface area contributed by atoms with Crippen LogP contribution in [0.25, 0.3) is 33.3 Å². The predicted molar refractivity (Wildman–Crippen MR) is 141 cm³/mol. The van der Waals surface area contributed by atoms with Crippen LogP contribution in [-0.2, 0) is 0 Å². The highest BCUT2D eigenvalue weighted by Gasteiger charge is 2.24. The van der Waals surface area contributed by atoms with E-state index in [1.54, 1.807) is 0 Å². The first kappa shape index (κ1) is 21.7. The third kappa shape index (κ3) is 4.51. The molecule has 3 aromatic carbocycles. The second-order valence-corrected chi connectivity index (χ2v) is 8.93. The molecular formula is C30H33N3.